The predicted molar refractivity (Wildman–Crippen MR) is 57.6 cm³/mol. The third kappa shape index (κ3) is 2.30. The molecule has 17 heavy (non-hydrogen) atoms. The number of carbonyl (C=O) groups excluding carboxylic acids is 1. The lowest BCUT2D eigenvalue weighted by atomic mass is 10.1. The molecule has 0 fully saturated rings. The molecule has 1 heterocycles. The van der Waals surface area contributed by atoms with Crippen molar-refractivity contribution in [3.63, 3.8) is 0 Å². The molecule has 0 unspecified atom stereocenters. The highest BCUT2D eigenvalue weighted by atomic mass is 19.1. The number of anilines is 1. The second kappa shape index (κ2) is 4.32. The number of aromatic amines is 1. The number of hydrogen-bond donors (Lipinski definition) is 2. The zero-order valence-electron chi connectivity index (χ0n) is 8.92. The minimum Gasteiger partial charge on any atom is -0.307 e. The van der Waals surface area contributed by atoms with Gasteiger partial charge in [-0.3, -0.25) is 9.89 Å². The summed E-state index contributed by atoms with van der Waals surface area (Å²) >= 11 is 0. The van der Waals surface area contributed by atoms with Gasteiger partial charge in [-0.2, -0.15) is 5.10 Å². The van der Waals surface area contributed by atoms with Gasteiger partial charge in [0.05, 0.1) is 11.8 Å². The minimum atomic E-state index is -0.898. The number of nitrogens with zero attached hydrogens (tertiary/aromatic N) is 1. The fourth-order valence-electron chi connectivity index (χ4n) is 1.35. The van der Waals surface area contributed by atoms with Gasteiger partial charge in [0, 0.05) is 12.1 Å². The van der Waals surface area contributed by atoms with Gasteiger partial charge in [0.1, 0.15) is 17.5 Å². The fraction of sp³-hybridized carbons (Fsp3) is 0.0909. The SMILES string of the molecule is Cc1cc(C(=O)Nc2ccn[nH]2)c(F)cc1F. The largest absolute Gasteiger partial charge is 0.307 e. The molecule has 0 saturated carbocycles. The van der Waals surface area contributed by atoms with E-state index in [1.165, 1.54) is 19.2 Å². The Kier molecular flexibility index (Phi) is 2.86. The summed E-state index contributed by atoms with van der Waals surface area (Å²) in [5.41, 5.74) is -0.000314. The number of hydrogen-bond acceptors (Lipinski definition) is 2. The van der Waals surface area contributed by atoms with E-state index in [-0.39, 0.29) is 11.1 Å². The number of halogens is 2. The number of benzene rings is 1. The molecule has 0 aliphatic carbocycles. The Bertz CT molecular complexity index is 552. The lowest BCUT2D eigenvalue weighted by Gasteiger charge is -2.05. The van der Waals surface area contributed by atoms with E-state index in [0.717, 1.165) is 6.07 Å². The molecule has 1 aromatic heterocycles. The highest BCUT2D eigenvalue weighted by Crippen LogP contribution is 2.15. The van der Waals surface area contributed by atoms with E-state index < -0.39 is 17.5 Å². The summed E-state index contributed by atoms with van der Waals surface area (Å²) in [7, 11) is 0. The van der Waals surface area contributed by atoms with Crippen LogP contribution in [0, 0.1) is 18.6 Å². The van der Waals surface area contributed by atoms with Crippen LogP contribution in [0.25, 0.3) is 0 Å². The topological polar surface area (TPSA) is 57.8 Å². The third-order valence-electron chi connectivity index (χ3n) is 2.24. The molecular weight excluding hydrogens is 228 g/mol. The maximum atomic E-state index is 13.4. The molecule has 4 nitrogen and oxygen atoms in total. The average molecular weight is 237 g/mol. The van der Waals surface area contributed by atoms with Gasteiger partial charge >= 0.3 is 0 Å². The Hall–Kier alpha value is -2.24. The van der Waals surface area contributed by atoms with Crippen molar-refractivity contribution >= 4 is 11.7 Å². The van der Waals surface area contributed by atoms with Crippen molar-refractivity contribution in [2.75, 3.05) is 5.32 Å². The van der Waals surface area contributed by atoms with Crippen LogP contribution in [0.15, 0.2) is 24.4 Å². The average Bonchev–Trinajstić information content (AvgIpc) is 2.76. The molecule has 1 aromatic carbocycles. The van der Waals surface area contributed by atoms with Crippen molar-refractivity contribution in [1.82, 2.24) is 10.2 Å². The smallest absolute Gasteiger partial charge is 0.259 e. The maximum absolute atomic E-state index is 13.4. The van der Waals surface area contributed by atoms with Crippen LogP contribution >= 0.6 is 0 Å². The van der Waals surface area contributed by atoms with Gasteiger partial charge in [-0.15, -0.1) is 0 Å². The number of H-pyrrole nitrogens is 1. The molecule has 2 N–H and O–H groups in total. The standard InChI is InChI=1S/C11H9F2N3O/c1-6-4-7(9(13)5-8(6)12)11(17)15-10-2-3-14-16-10/h2-5H,1H3,(H2,14,15,16,17). The normalized spacial score (nSPS) is 10.3. The molecule has 0 aliphatic heterocycles. The van der Waals surface area contributed by atoms with E-state index in [0.29, 0.717) is 11.9 Å². The van der Waals surface area contributed by atoms with Crippen molar-refractivity contribution in [3.05, 3.63) is 47.2 Å². The number of nitrogens with one attached hydrogen (secondary N) is 2. The maximum Gasteiger partial charge on any atom is 0.259 e. The first-order valence-electron chi connectivity index (χ1n) is 4.84. The Balaban J connectivity index is 2.28. The van der Waals surface area contributed by atoms with Crippen LogP contribution in [0.4, 0.5) is 14.6 Å². The van der Waals surface area contributed by atoms with Crippen LogP contribution in [0.2, 0.25) is 0 Å². The number of amides is 1. The Morgan fingerprint density at radius 2 is 2.12 bits per heavy atom. The van der Waals surface area contributed by atoms with Gasteiger partial charge < -0.3 is 5.32 Å². The summed E-state index contributed by atoms with van der Waals surface area (Å²) in [6.07, 6.45) is 1.45. The molecule has 0 atom stereocenters. The molecule has 0 bridgehead atoms. The van der Waals surface area contributed by atoms with Crippen molar-refractivity contribution in [1.29, 1.82) is 0 Å². The molecule has 2 rings (SSSR count). The number of aryl methyl sites for hydroxylation is 1. The van der Waals surface area contributed by atoms with Gasteiger partial charge in [-0.25, -0.2) is 8.78 Å². The summed E-state index contributed by atoms with van der Waals surface area (Å²) < 4.78 is 26.4. The lowest BCUT2D eigenvalue weighted by molar-refractivity contribution is 0.102. The molecule has 2 aromatic rings. The molecule has 0 saturated heterocycles. The van der Waals surface area contributed by atoms with Crippen LogP contribution in [-0.4, -0.2) is 16.1 Å². The monoisotopic (exact) mass is 237 g/mol. The van der Waals surface area contributed by atoms with E-state index in [9.17, 15) is 13.6 Å². The van der Waals surface area contributed by atoms with Crippen molar-refractivity contribution in [2.45, 2.75) is 6.92 Å². The number of rotatable bonds is 2. The van der Waals surface area contributed by atoms with Crippen molar-refractivity contribution in [2.24, 2.45) is 0 Å². The summed E-state index contributed by atoms with van der Waals surface area (Å²) in [4.78, 5) is 11.7. The van der Waals surface area contributed by atoms with Gasteiger partial charge in [-0.05, 0) is 18.6 Å². The van der Waals surface area contributed by atoms with Crippen molar-refractivity contribution < 1.29 is 13.6 Å². The fourth-order valence-corrected chi connectivity index (χ4v) is 1.35. The second-order valence-corrected chi connectivity index (χ2v) is 3.51. The highest BCUT2D eigenvalue weighted by Gasteiger charge is 2.14. The van der Waals surface area contributed by atoms with Gasteiger partial charge in [0.2, 0.25) is 0 Å². The van der Waals surface area contributed by atoms with E-state index in [1.807, 2.05) is 0 Å². The van der Waals surface area contributed by atoms with E-state index in [4.69, 9.17) is 0 Å². The van der Waals surface area contributed by atoms with Gasteiger partial charge in [0.15, 0.2) is 0 Å². The first-order chi connectivity index (χ1) is 8.08. The first kappa shape index (κ1) is 11.3. The summed E-state index contributed by atoms with van der Waals surface area (Å²) in [6, 6.07) is 3.37. The summed E-state index contributed by atoms with van der Waals surface area (Å²) in [5.74, 6) is -1.89. The molecule has 88 valence electrons. The quantitative estimate of drug-likeness (QED) is 0.841. The van der Waals surface area contributed by atoms with Crippen LogP contribution < -0.4 is 5.32 Å². The van der Waals surface area contributed by atoms with Crippen LogP contribution in [0.5, 0.6) is 0 Å². The minimum absolute atomic E-state index is 0.209. The Morgan fingerprint density at radius 1 is 1.35 bits per heavy atom. The van der Waals surface area contributed by atoms with Gasteiger partial charge in [-0.1, -0.05) is 0 Å². The molecule has 1 amide bonds. The molecule has 0 spiro atoms. The predicted octanol–water partition coefficient (Wildman–Crippen LogP) is 2.25. The lowest BCUT2D eigenvalue weighted by Crippen LogP contribution is -2.14. The van der Waals surface area contributed by atoms with Gasteiger partial charge in [0.25, 0.3) is 5.91 Å². The van der Waals surface area contributed by atoms with Crippen LogP contribution in [0.1, 0.15) is 15.9 Å². The van der Waals surface area contributed by atoms with Crippen LogP contribution in [-0.2, 0) is 0 Å². The number of carbonyl (C=O) groups is 1. The zero-order valence-corrected chi connectivity index (χ0v) is 8.92. The summed E-state index contributed by atoms with van der Waals surface area (Å²) in [5, 5.41) is 8.54. The molecule has 0 radical (unpaired) electrons. The zero-order chi connectivity index (χ0) is 12.4. The molecule has 0 aliphatic rings. The van der Waals surface area contributed by atoms with Crippen LogP contribution in [0.3, 0.4) is 0 Å². The Labute approximate surface area is 95.7 Å². The highest BCUT2D eigenvalue weighted by molar-refractivity contribution is 6.04. The van der Waals surface area contributed by atoms with E-state index in [2.05, 4.69) is 15.5 Å². The third-order valence-corrected chi connectivity index (χ3v) is 2.24. The molecular formula is C11H9F2N3O. The Morgan fingerprint density at radius 3 is 2.76 bits per heavy atom. The number of aromatic nitrogens is 2. The molecule has 6 heteroatoms. The second-order valence-electron chi connectivity index (χ2n) is 3.51. The van der Waals surface area contributed by atoms with Crippen molar-refractivity contribution in [3.8, 4) is 0 Å². The van der Waals surface area contributed by atoms with E-state index >= 15 is 0 Å². The first-order valence-corrected chi connectivity index (χ1v) is 4.84. The summed E-state index contributed by atoms with van der Waals surface area (Å²) in [6.45, 7) is 1.46. The van der Waals surface area contributed by atoms with E-state index in [1.54, 1.807) is 0 Å².